The van der Waals surface area contributed by atoms with E-state index in [1.54, 1.807) is 17.5 Å². The molecule has 1 fully saturated rings. The molecule has 3 amide bonds. The van der Waals surface area contributed by atoms with Crippen molar-refractivity contribution in [2.45, 2.75) is 38.3 Å². The van der Waals surface area contributed by atoms with E-state index in [9.17, 15) is 24.0 Å². The summed E-state index contributed by atoms with van der Waals surface area (Å²) in [5, 5.41) is 4.03. The molecule has 7 nitrogen and oxygen atoms in total. The summed E-state index contributed by atoms with van der Waals surface area (Å²) in [6.45, 7) is 0.266. The molecule has 1 atom stereocenters. The molecule has 0 saturated carbocycles. The highest BCUT2D eigenvalue weighted by molar-refractivity contribution is 7.10. The lowest BCUT2D eigenvalue weighted by Crippen LogP contribution is -2.52. The molecule has 2 aliphatic rings. The van der Waals surface area contributed by atoms with Crippen LogP contribution in [0, 0.1) is 0 Å². The molecule has 5 rings (SSSR count). The van der Waals surface area contributed by atoms with Crippen molar-refractivity contribution >= 4 is 40.6 Å². The van der Waals surface area contributed by atoms with Crippen molar-refractivity contribution in [3.8, 4) is 11.1 Å². The molecule has 1 saturated heterocycles. The number of Topliss-reactive ketones (excluding diaryl/α,β-unsaturated/α-hetero) is 2. The predicted molar refractivity (Wildman–Crippen MR) is 130 cm³/mol. The molecule has 176 valence electrons. The van der Waals surface area contributed by atoms with Crippen LogP contribution >= 0.6 is 11.3 Å². The molecule has 2 aliphatic heterocycles. The molecule has 1 N–H and O–H groups in total. The van der Waals surface area contributed by atoms with Gasteiger partial charge < -0.3 is 4.90 Å². The molecule has 3 aromatic rings. The van der Waals surface area contributed by atoms with Crippen LogP contribution < -0.4 is 5.32 Å². The largest absolute Gasteiger partial charge is 0.322 e. The van der Waals surface area contributed by atoms with E-state index in [4.69, 9.17) is 0 Å². The van der Waals surface area contributed by atoms with Gasteiger partial charge in [0, 0.05) is 35.2 Å². The van der Waals surface area contributed by atoms with Gasteiger partial charge in [0.2, 0.25) is 23.4 Å². The van der Waals surface area contributed by atoms with Crippen LogP contribution in [-0.4, -0.2) is 40.2 Å². The first-order valence-corrected chi connectivity index (χ1v) is 12.3. The summed E-state index contributed by atoms with van der Waals surface area (Å²) in [5.74, 6) is -2.03. The summed E-state index contributed by atoms with van der Waals surface area (Å²) in [5.41, 5.74) is 3.69. The van der Waals surface area contributed by atoms with E-state index in [-0.39, 0.29) is 31.2 Å². The van der Waals surface area contributed by atoms with Gasteiger partial charge in [-0.05, 0) is 29.5 Å². The highest BCUT2D eigenvalue weighted by Gasteiger charge is 2.40. The van der Waals surface area contributed by atoms with E-state index >= 15 is 0 Å². The highest BCUT2D eigenvalue weighted by atomic mass is 32.1. The minimum absolute atomic E-state index is 0.0405. The molecule has 8 heteroatoms. The molecule has 35 heavy (non-hydrogen) atoms. The van der Waals surface area contributed by atoms with Crippen molar-refractivity contribution in [1.29, 1.82) is 0 Å². The average molecular weight is 487 g/mol. The van der Waals surface area contributed by atoms with Crippen LogP contribution in [0.3, 0.4) is 0 Å². The summed E-state index contributed by atoms with van der Waals surface area (Å²) in [7, 11) is 0. The standard InChI is InChI=1S/C27H22N2O5S/c30-22(25(32)18-8-6-17(7-9-18)16-4-2-1-3-5-16)11-12-23-19-14-29(27(34)20(19)15-35-23)21-10-13-24(31)28-26(21)33/h1-9,15,21H,10-14H2,(H,28,31,33). The maximum Gasteiger partial charge on any atom is 0.256 e. The molecule has 3 heterocycles. The molecule has 1 unspecified atom stereocenters. The van der Waals surface area contributed by atoms with Crippen LogP contribution in [-0.2, 0) is 27.3 Å². The second-order valence-electron chi connectivity index (χ2n) is 8.65. The number of hydrogen-bond donors (Lipinski definition) is 1. The highest BCUT2D eigenvalue weighted by Crippen LogP contribution is 2.34. The van der Waals surface area contributed by atoms with Gasteiger partial charge >= 0.3 is 0 Å². The zero-order chi connectivity index (χ0) is 24.5. The zero-order valence-electron chi connectivity index (χ0n) is 18.8. The van der Waals surface area contributed by atoms with Gasteiger partial charge in [0.05, 0.1) is 5.56 Å². The Morgan fingerprint density at radius 3 is 2.40 bits per heavy atom. The van der Waals surface area contributed by atoms with Crippen LogP contribution in [0.5, 0.6) is 0 Å². The number of carbonyl (C=O) groups excluding carboxylic acids is 5. The topological polar surface area (TPSA) is 101 Å². The lowest BCUT2D eigenvalue weighted by atomic mass is 9.99. The first-order valence-electron chi connectivity index (χ1n) is 11.4. The number of imide groups is 1. The van der Waals surface area contributed by atoms with Crippen molar-refractivity contribution in [3.63, 3.8) is 0 Å². The number of hydrogen-bond acceptors (Lipinski definition) is 6. The Balaban J connectivity index is 1.22. The summed E-state index contributed by atoms with van der Waals surface area (Å²) < 4.78 is 0. The molecule has 0 spiro atoms. The number of nitrogens with one attached hydrogen (secondary N) is 1. The van der Waals surface area contributed by atoms with Gasteiger partial charge in [0.1, 0.15) is 6.04 Å². The van der Waals surface area contributed by atoms with Crippen LogP contribution in [0.1, 0.15) is 50.4 Å². The number of carbonyl (C=O) groups is 5. The smallest absolute Gasteiger partial charge is 0.256 e. The van der Waals surface area contributed by atoms with E-state index in [0.717, 1.165) is 21.6 Å². The first kappa shape index (κ1) is 22.9. The van der Waals surface area contributed by atoms with E-state index in [2.05, 4.69) is 5.32 Å². The van der Waals surface area contributed by atoms with Crippen molar-refractivity contribution in [1.82, 2.24) is 10.2 Å². The molecular weight excluding hydrogens is 464 g/mol. The van der Waals surface area contributed by atoms with E-state index in [1.807, 2.05) is 42.5 Å². The summed E-state index contributed by atoms with van der Waals surface area (Å²) in [6.07, 6.45) is 0.889. The monoisotopic (exact) mass is 486 g/mol. The third-order valence-electron chi connectivity index (χ3n) is 6.47. The Morgan fingerprint density at radius 2 is 1.69 bits per heavy atom. The molecule has 1 aromatic heterocycles. The fourth-order valence-electron chi connectivity index (χ4n) is 4.56. The van der Waals surface area contributed by atoms with Crippen LogP contribution in [0.4, 0.5) is 0 Å². The quantitative estimate of drug-likeness (QED) is 0.313. The number of thiophene rings is 1. The van der Waals surface area contributed by atoms with E-state index in [0.29, 0.717) is 24.0 Å². The van der Waals surface area contributed by atoms with Gasteiger partial charge in [0.25, 0.3) is 5.91 Å². The fraction of sp³-hybridized carbons (Fsp3) is 0.222. The van der Waals surface area contributed by atoms with Gasteiger partial charge in [-0.2, -0.15) is 0 Å². The maximum absolute atomic E-state index is 12.8. The third-order valence-corrected chi connectivity index (χ3v) is 7.56. The third kappa shape index (κ3) is 4.44. The van der Waals surface area contributed by atoms with Crippen LogP contribution in [0.2, 0.25) is 0 Å². The number of piperidine rings is 1. The number of nitrogens with zero attached hydrogens (tertiary/aromatic N) is 1. The number of ketones is 2. The zero-order valence-corrected chi connectivity index (χ0v) is 19.6. The van der Waals surface area contributed by atoms with Crippen LogP contribution in [0.25, 0.3) is 11.1 Å². The number of amides is 3. The number of benzene rings is 2. The SMILES string of the molecule is O=C1CCC(N2Cc3c(csc3CCC(=O)C(=O)c3ccc(-c4ccccc4)cc3)C2=O)C(=O)N1. The minimum Gasteiger partial charge on any atom is -0.322 e. The van der Waals surface area contributed by atoms with E-state index < -0.39 is 23.5 Å². The Kier molecular flexibility index (Phi) is 6.13. The van der Waals surface area contributed by atoms with Gasteiger partial charge in [0.15, 0.2) is 0 Å². The van der Waals surface area contributed by atoms with Gasteiger partial charge in [-0.25, -0.2) is 0 Å². The van der Waals surface area contributed by atoms with Crippen molar-refractivity contribution in [2.24, 2.45) is 0 Å². The Bertz CT molecular complexity index is 1340. The van der Waals surface area contributed by atoms with Crippen molar-refractivity contribution < 1.29 is 24.0 Å². The number of aryl methyl sites for hydroxylation is 1. The van der Waals surface area contributed by atoms with Crippen LogP contribution in [0.15, 0.2) is 60.0 Å². The first-order chi connectivity index (χ1) is 16.9. The van der Waals surface area contributed by atoms with Gasteiger partial charge in [-0.3, -0.25) is 29.3 Å². The molecule has 0 aliphatic carbocycles. The summed E-state index contributed by atoms with van der Waals surface area (Å²) in [6, 6.07) is 16.1. The minimum atomic E-state index is -0.674. The number of fused-ring (bicyclic) bond motifs is 1. The second-order valence-corrected chi connectivity index (χ2v) is 9.61. The molecule has 2 aromatic carbocycles. The second kappa shape index (κ2) is 9.38. The van der Waals surface area contributed by atoms with Crippen molar-refractivity contribution in [2.75, 3.05) is 0 Å². The predicted octanol–water partition coefficient (Wildman–Crippen LogP) is 3.56. The fourth-order valence-corrected chi connectivity index (χ4v) is 5.60. The van der Waals surface area contributed by atoms with Crippen molar-refractivity contribution in [3.05, 3.63) is 81.5 Å². The normalized spacial score (nSPS) is 17.3. The molecular formula is C27H22N2O5S. The maximum atomic E-state index is 12.8. The molecule has 0 bridgehead atoms. The Labute approximate surface area is 205 Å². The van der Waals surface area contributed by atoms with E-state index in [1.165, 1.54) is 16.2 Å². The Morgan fingerprint density at radius 1 is 0.971 bits per heavy atom. The summed E-state index contributed by atoms with van der Waals surface area (Å²) in [4.78, 5) is 64.2. The lowest BCUT2D eigenvalue weighted by molar-refractivity contribution is -0.136. The summed E-state index contributed by atoms with van der Waals surface area (Å²) >= 11 is 1.39. The lowest BCUT2D eigenvalue weighted by Gasteiger charge is -2.29. The Hall–Kier alpha value is -3.91. The van der Waals surface area contributed by atoms with Gasteiger partial charge in [-0.15, -0.1) is 11.3 Å². The average Bonchev–Trinajstić information content (AvgIpc) is 3.42. The number of rotatable bonds is 7. The van der Waals surface area contributed by atoms with Gasteiger partial charge in [-0.1, -0.05) is 54.6 Å². The molecule has 0 radical (unpaired) electrons.